The predicted octanol–water partition coefficient (Wildman–Crippen LogP) is 8.68. The van der Waals surface area contributed by atoms with Crippen LogP contribution in [-0.4, -0.2) is 54.8 Å². The van der Waals surface area contributed by atoms with Crippen LogP contribution in [0.5, 0.6) is 0 Å². The van der Waals surface area contributed by atoms with Crippen molar-refractivity contribution in [2.24, 2.45) is 0 Å². The number of nitrogens with one attached hydrogen (secondary N) is 4. The van der Waals surface area contributed by atoms with Gasteiger partial charge in [0, 0.05) is 0 Å². The van der Waals surface area contributed by atoms with E-state index in [0.29, 0.717) is 0 Å². The summed E-state index contributed by atoms with van der Waals surface area (Å²) in [7, 11) is 0. The molecule has 4 aliphatic heterocycles. The second-order valence-corrected chi connectivity index (χ2v) is 14.5. The van der Waals surface area contributed by atoms with Crippen LogP contribution in [0.25, 0.3) is 89.5 Å². The Morgan fingerprint density at radius 2 is 0.612 bits per heavy atom. The first-order chi connectivity index (χ1) is 24.1. The molecule has 10 heterocycles. The van der Waals surface area contributed by atoms with Crippen molar-refractivity contribution >= 4 is 104 Å². The third kappa shape index (κ3) is 5.67. The van der Waals surface area contributed by atoms with Crippen LogP contribution in [0.3, 0.4) is 0 Å². The summed E-state index contributed by atoms with van der Waals surface area (Å²) in [5.74, 6) is 0. The third-order valence-corrected chi connectivity index (χ3v) is 10.8. The first-order valence-electron chi connectivity index (χ1n) is 15.9. The number of H-pyrrole nitrogens is 4. The Morgan fingerprint density at radius 3 is 0.939 bits per heavy atom. The maximum absolute atomic E-state index is 5.12. The van der Waals surface area contributed by atoms with E-state index in [4.69, 9.17) is 19.9 Å². The minimum absolute atomic E-state index is 0.0985. The normalized spacial score (nSPS) is 13.5. The van der Waals surface area contributed by atoms with E-state index in [1.807, 2.05) is 24.3 Å². The van der Waals surface area contributed by atoms with E-state index in [0.717, 1.165) is 89.7 Å². The van der Waals surface area contributed by atoms with Gasteiger partial charge in [-0.05, 0) is 0 Å². The van der Waals surface area contributed by atoms with Gasteiger partial charge in [0.2, 0.25) is 0 Å². The van der Waals surface area contributed by atoms with Crippen molar-refractivity contribution in [3.63, 3.8) is 0 Å². The summed E-state index contributed by atoms with van der Waals surface area (Å²) in [5, 5.41) is 0. The second kappa shape index (κ2) is 11.2. The van der Waals surface area contributed by atoms with Gasteiger partial charge in [0.1, 0.15) is 0 Å². The zero-order chi connectivity index (χ0) is 32.3. The minimum atomic E-state index is -0.0985. The van der Waals surface area contributed by atoms with Gasteiger partial charge in [0.05, 0.1) is 0 Å². The van der Waals surface area contributed by atoms with Crippen molar-refractivity contribution in [1.29, 1.82) is 0 Å². The fourth-order valence-electron chi connectivity index (χ4n) is 6.26. The Hall–Kier alpha value is -6.28. The molecule has 0 amide bonds. The predicted molar refractivity (Wildman–Crippen MR) is 201 cm³/mol. The van der Waals surface area contributed by atoms with E-state index in [1.54, 1.807) is 0 Å². The van der Waals surface area contributed by atoms with Gasteiger partial charge in [0.25, 0.3) is 0 Å². The van der Waals surface area contributed by atoms with E-state index < -0.39 is 0 Å². The first kappa shape index (κ1) is 27.8. The summed E-state index contributed by atoms with van der Waals surface area (Å²) < 4.78 is 2.36. The number of rotatable bonds is 2. The van der Waals surface area contributed by atoms with Crippen molar-refractivity contribution < 1.29 is 0 Å². The molecule has 4 N–H and O–H groups in total. The Balaban J connectivity index is 1.12. The van der Waals surface area contributed by atoms with E-state index in [1.165, 1.54) is 8.94 Å². The number of aromatic amines is 4. The molecule has 6 aromatic heterocycles. The first-order valence-corrected chi connectivity index (χ1v) is 17.6. The van der Waals surface area contributed by atoms with Crippen molar-refractivity contribution in [3.8, 4) is 0 Å². The summed E-state index contributed by atoms with van der Waals surface area (Å²) in [4.78, 5) is 33.8. The number of aromatic nitrogens is 8. The molecule has 0 spiro atoms. The fraction of sp³-hybridized carbons (Fsp3) is 0. The van der Waals surface area contributed by atoms with Crippen LogP contribution < -0.4 is 0 Å². The molecule has 4 aliphatic rings. The monoisotopic (exact) mass is 698 g/mol. The number of hydrogen-bond donors (Lipinski definition) is 4. The van der Waals surface area contributed by atoms with Crippen LogP contribution >= 0.6 is 0 Å². The van der Waals surface area contributed by atoms with Crippen LogP contribution in [0, 0.1) is 0 Å². The Labute approximate surface area is 286 Å². The topological polar surface area (TPSA) is 115 Å². The molecule has 0 saturated carbocycles. The Kier molecular flexibility index (Phi) is 6.33. The van der Waals surface area contributed by atoms with Crippen LogP contribution in [-0.2, 0) is 0 Å². The van der Waals surface area contributed by atoms with Gasteiger partial charge in [-0.25, -0.2) is 0 Å². The van der Waals surface area contributed by atoms with Gasteiger partial charge >= 0.3 is 287 Å². The quantitative estimate of drug-likeness (QED) is 0.135. The van der Waals surface area contributed by atoms with Crippen molar-refractivity contribution in [1.82, 2.24) is 39.9 Å². The Bertz CT molecular complexity index is 2630. The molecule has 0 radical (unpaired) electrons. The number of hydrogen-bond acceptors (Lipinski definition) is 4. The number of nitrogens with zero attached hydrogens (tertiary/aromatic N) is 4. The van der Waals surface area contributed by atoms with Crippen LogP contribution in [0.1, 0.15) is 45.6 Å². The summed E-state index contributed by atoms with van der Waals surface area (Å²) >= 11 is -0.0985. The van der Waals surface area contributed by atoms with Gasteiger partial charge in [-0.1, -0.05) is 0 Å². The van der Waals surface area contributed by atoms with E-state index in [2.05, 4.69) is 129 Å². The second-order valence-electron chi connectivity index (χ2n) is 12.2. The standard InChI is InChI=1S/C40H26N8Se/c1-3-25-15-29-9-11-33(45-29)19-37-39(21-35(47-37)17-31-7-5-27(43-31)13-23(1)41-25)49-40-22-36-18-32-8-6-28(44-32)14-24-2-4-26(42-24)16-30-10-12-34(46-30)20-38(40)48-36/h1-22,43-46H. The van der Waals surface area contributed by atoms with Crippen LogP contribution in [0.4, 0.5) is 0 Å². The van der Waals surface area contributed by atoms with Crippen LogP contribution in [0.15, 0.2) is 97.1 Å². The van der Waals surface area contributed by atoms with Gasteiger partial charge in [-0.3, -0.25) is 0 Å². The Morgan fingerprint density at radius 1 is 0.327 bits per heavy atom. The molecule has 9 heteroatoms. The molecule has 0 aliphatic carbocycles. The van der Waals surface area contributed by atoms with Crippen molar-refractivity contribution in [2.75, 3.05) is 0 Å². The molecule has 8 nitrogen and oxygen atoms in total. The zero-order valence-corrected chi connectivity index (χ0v) is 27.6. The maximum atomic E-state index is 5.12. The van der Waals surface area contributed by atoms with Gasteiger partial charge in [-0.15, -0.1) is 0 Å². The van der Waals surface area contributed by atoms with Crippen LogP contribution in [0.2, 0.25) is 0 Å². The summed E-state index contributed by atoms with van der Waals surface area (Å²) in [6.45, 7) is 0. The third-order valence-electron chi connectivity index (χ3n) is 8.48. The molecule has 0 unspecified atom stereocenters. The fourth-order valence-corrected chi connectivity index (χ4v) is 8.39. The molecular weight excluding hydrogens is 671 g/mol. The molecule has 0 saturated heterocycles. The van der Waals surface area contributed by atoms with Gasteiger partial charge in [0.15, 0.2) is 0 Å². The molecule has 16 bridgehead atoms. The van der Waals surface area contributed by atoms with Gasteiger partial charge in [-0.2, -0.15) is 0 Å². The summed E-state index contributed by atoms with van der Waals surface area (Å²) in [6.07, 6.45) is 12.6. The molecule has 232 valence electrons. The van der Waals surface area contributed by atoms with Gasteiger partial charge < -0.3 is 0 Å². The van der Waals surface area contributed by atoms with Crippen molar-refractivity contribution in [3.05, 3.63) is 143 Å². The summed E-state index contributed by atoms with van der Waals surface area (Å²) in [6, 6.07) is 33.3. The van der Waals surface area contributed by atoms with Crippen molar-refractivity contribution in [2.45, 2.75) is 0 Å². The molecule has 49 heavy (non-hydrogen) atoms. The number of fused-ring (bicyclic) bond motifs is 16. The molecular formula is C40H26N8Se. The molecule has 0 fully saturated rings. The average molecular weight is 698 g/mol. The molecule has 0 aromatic carbocycles. The molecule has 6 aromatic rings. The molecule has 0 atom stereocenters. The van der Waals surface area contributed by atoms with E-state index >= 15 is 0 Å². The van der Waals surface area contributed by atoms with E-state index in [9.17, 15) is 0 Å². The average Bonchev–Trinajstić information content (AvgIpc) is 3.92. The molecule has 10 rings (SSSR count). The zero-order valence-electron chi connectivity index (χ0n) is 25.9. The SMILES string of the molecule is C1=Cc2cc3ccc(cc4nc(cc5ccc(cc1n2)[nH]5)C=C4[Se]C1=Cc2cc4ccc(cc5nc(cc6ccc(cc1n2)[nH]6)C=C5)[nH]4)[nH]3. The summed E-state index contributed by atoms with van der Waals surface area (Å²) in [5.41, 5.74) is 15.3. The van der Waals surface area contributed by atoms with E-state index in [-0.39, 0.29) is 15.0 Å².